The first kappa shape index (κ1) is 11.4. The van der Waals surface area contributed by atoms with E-state index in [9.17, 15) is 0 Å². The molecule has 0 fully saturated rings. The normalized spacial score (nSPS) is 9.58. The minimum Gasteiger partial charge on any atom is -0.377 e. The molecule has 0 aromatic rings. The molecule has 0 radical (unpaired) electrons. The number of allylic oxidation sites excluding steroid dienone is 2. The average Bonchev–Trinajstić information content (AvgIpc) is 2.00. The Morgan fingerprint density at radius 3 is 2.58 bits per heavy atom. The maximum Gasteiger partial charge on any atom is 0.0674 e. The topological polar surface area (TPSA) is 9.23 Å². The average molecular weight is 168 g/mol. The van der Waals surface area contributed by atoms with Crippen LogP contribution in [0.3, 0.4) is 0 Å². The summed E-state index contributed by atoms with van der Waals surface area (Å²) in [6, 6.07) is 0. The zero-order valence-corrected chi connectivity index (χ0v) is 8.52. The zero-order valence-electron chi connectivity index (χ0n) is 8.52. The molecule has 0 saturated heterocycles. The van der Waals surface area contributed by atoms with Gasteiger partial charge < -0.3 is 4.74 Å². The predicted octanol–water partition coefficient (Wildman–Crippen LogP) is 3.33. The van der Waals surface area contributed by atoms with Gasteiger partial charge >= 0.3 is 0 Å². The van der Waals surface area contributed by atoms with E-state index in [0.717, 1.165) is 19.4 Å². The van der Waals surface area contributed by atoms with Crippen molar-refractivity contribution < 1.29 is 4.74 Å². The Labute approximate surface area is 76.1 Å². The zero-order chi connectivity index (χ0) is 9.40. The van der Waals surface area contributed by atoms with Crippen LogP contribution in [0.5, 0.6) is 0 Å². The summed E-state index contributed by atoms with van der Waals surface area (Å²) in [7, 11) is 0. The van der Waals surface area contributed by atoms with Gasteiger partial charge in [-0.25, -0.2) is 0 Å². The van der Waals surface area contributed by atoms with Crippen LogP contribution in [0, 0.1) is 0 Å². The summed E-state index contributed by atoms with van der Waals surface area (Å²) in [4.78, 5) is 0. The van der Waals surface area contributed by atoms with E-state index in [4.69, 9.17) is 4.74 Å². The van der Waals surface area contributed by atoms with Crippen LogP contribution in [-0.2, 0) is 4.74 Å². The molecule has 0 bridgehead atoms. The van der Waals surface area contributed by atoms with Gasteiger partial charge in [0.2, 0.25) is 0 Å². The highest BCUT2D eigenvalue weighted by molar-refractivity contribution is 5.00. The van der Waals surface area contributed by atoms with Crippen molar-refractivity contribution in [2.24, 2.45) is 0 Å². The third kappa shape index (κ3) is 7.55. The third-order valence-corrected chi connectivity index (χ3v) is 1.56. The third-order valence-electron chi connectivity index (χ3n) is 1.56. The van der Waals surface area contributed by atoms with Crippen LogP contribution in [0.25, 0.3) is 0 Å². The van der Waals surface area contributed by atoms with E-state index >= 15 is 0 Å². The SMILES string of the molecule is C=C(CCC=C(C)C)COCC. The van der Waals surface area contributed by atoms with E-state index < -0.39 is 0 Å². The van der Waals surface area contributed by atoms with E-state index in [-0.39, 0.29) is 0 Å². The van der Waals surface area contributed by atoms with Crippen molar-refractivity contribution in [2.75, 3.05) is 13.2 Å². The molecule has 0 unspecified atom stereocenters. The summed E-state index contributed by atoms with van der Waals surface area (Å²) in [6.07, 6.45) is 4.37. The minimum absolute atomic E-state index is 0.715. The molecule has 0 aliphatic carbocycles. The maximum atomic E-state index is 5.23. The van der Waals surface area contributed by atoms with Crippen LogP contribution in [-0.4, -0.2) is 13.2 Å². The smallest absolute Gasteiger partial charge is 0.0674 e. The van der Waals surface area contributed by atoms with Gasteiger partial charge in [-0.05, 0) is 33.6 Å². The quantitative estimate of drug-likeness (QED) is 0.553. The molecular weight excluding hydrogens is 148 g/mol. The minimum atomic E-state index is 0.715. The van der Waals surface area contributed by atoms with Crippen molar-refractivity contribution in [1.82, 2.24) is 0 Å². The van der Waals surface area contributed by atoms with Gasteiger partial charge in [0.15, 0.2) is 0 Å². The second-order valence-electron chi connectivity index (χ2n) is 3.21. The molecule has 12 heavy (non-hydrogen) atoms. The number of ether oxygens (including phenoxy) is 1. The van der Waals surface area contributed by atoms with Gasteiger partial charge in [0.25, 0.3) is 0 Å². The predicted molar refractivity (Wildman–Crippen MR) is 54.3 cm³/mol. The molecule has 0 aromatic carbocycles. The second kappa shape index (κ2) is 7.11. The summed E-state index contributed by atoms with van der Waals surface area (Å²) in [6.45, 7) is 11.7. The highest BCUT2D eigenvalue weighted by atomic mass is 16.5. The summed E-state index contributed by atoms with van der Waals surface area (Å²) >= 11 is 0. The molecule has 0 atom stereocenters. The van der Waals surface area contributed by atoms with Crippen LogP contribution in [0.2, 0.25) is 0 Å². The van der Waals surface area contributed by atoms with Crippen LogP contribution >= 0.6 is 0 Å². The van der Waals surface area contributed by atoms with E-state index in [1.807, 2.05) is 6.92 Å². The molecule has 0 amide bonds. The van der Waals surface area contributed by atoms with Crippen molar-refractivity contribution in [3.63, 3.8) is 0 Å². The van der Waals surface area contributed by atoms with E-state index in [1.165, 1.54) is 11.1 Å². The molecule has 0 aliphatic heterocycles. The monoisotopic (exact) mass is 168 g/mol. The van der Waals surface area contributed by atoms with Crippen LogP contribution in [0.15, 0.2) is 23.8 Å². The summed E-state index contributed by atoms with van der Waals surface area (Å²) < 4.78 is 5.23. The molecule has 0 spiro atoms. The molecule has 70 valence electrons. The lowest BCUT2D eigenvalue weighted by atomic mass is 10.1. The van der Waals surface area contributed by atoms with E-state index in [2.05, 4.69) is 26.5 Å². The Morgan fingerprint density at radius 1 is 1.42 bits per heavy atom. The Morgan fingerprint density at radius 2 is 2.08 bits per heavy atom. The van der Waals surface area contributed by atoms with Crippen LogP contribution < -0.4 is 0 Å². The Bertz CT molecular complexity index is 152. The molecule has 0 aliphatic rings. The Balaban J connectivity index is 3.38. The largest absolute Gasteiger partial charge is 0.377 e. The Hall–Kier alpha value is -0.560. The summed E-state index contributed by atoms with van der Waals surface area (Å²) in [5, 5.41) is 0. The van der Waals surface area contributed by atoms with Gasteiger partial charge in [-0.3, -0.25) is 0 Å². The fraction of sp³-hybridized carbons (Fsp3) is 0.636. The van der Waals surface area contributed by atoms with E-state index in [0.29, 0.717) is 6.61 Å². The van der Waals surface area contributed by atoms with Crippen molar-refractivity contribution in [1.29, 1.82) is 0 Å². The van der Waals surface area contributed by atoms with E-state index in [1.54, 1.807) is 0 Å². The fourth-order valence-electron chi connectivity index (χ4n) is 0.884. The van der Waals surface area contributed by atoms with Gasteiger partial charge in [0.1, 0.15) is 0 Å². The first-order valence-electron chi connectivity index (χ1n) is 4.54. The standard InChI is InChI=1S/C11H20O/c1-5-12-9-11(4)8-6-7-10(2)3/h7H,4-6,8-9H2,1-3H3. The molecule has 0 N–H and O–H groups in total. The van der Waals surface area contributed by atoms with Gasteiger partial charge in [-0.2, -0.15) is 0 Å². The van der Waals surface area contributed by atoms with Crippen molar-refractivity contribution in [2.45, 2.75) is 33.6 Å². The fourth-order valence-corrected chi connectivity index (χ4v) is 0.884. The molecule has 0 rings (SSSR count). The molecular formula is C11H20O. The number of hydrogen-bond acceptors (Lipinski definition) is 1. The lowest BCUT2D eigenvalue weighted by Crippen LogP contribution is -1.96. The second-order valence-corrected chi connectivity index (χ2v) is 3.21. The van der Waals surface area contributed by atoms with Gasteiger partial charge in [-0.15, -0.1) is 0 Å². The summed E-state index contributed by atoms with van der Waals surface area (Å²) in [5.74, 6) is 0. The van der Waals surface area contributed by atoms with Crippen molar-refractivity contribution >= 4 is 0 Å². The first-order chi connectivity index (χ1) is 5.66. The lowest BCUT2D eigenvalue weighted by molar-refractivity contribution is 0.169. The highest BCUT2D eigenvalue weighted by Gasteiger charge is 1.92. The maximum absolute atomic E-state index is 5.23. The molecule has 0 saturated carbocycles. The number of rotatable bonds is 6. The first-order valence-corrected chi connectivity index (χ1v) is 4.54. The highest BCUT2D eigenvalue weighted by Crippen LogP contribution is 2.05. The molecule has 1 heteroatoms. The van der Waals surface area contributed by atoms with Crippen LogP contribution in [0.4, 0.5) is 0 Å². The summed E-state index contributed by atoms with van der Waals surface area (Å²) in [5.41, 5.74) is 2.56. The lowest BCUT2D eigenvalue weighted by Gasteiger charge is -2.03. The molecule has 1 nitrogen and oxygen atoms in total. The van der Waals surface area contributed by atoms with Gasteiger partial charge in [0.05, 0.1) is 6.61 Å². The van der Waals surface area contributed by atoms with Crippen LogP contribution in [0.1, 0.15) is 33.6 Å². The molecule has 0 aromatic heterocycles. The van der Waals surface area contributed by atoms with Gasteiger partial charge in [-0.1, -0.05) is 23.8 Å². The Kier molecular flexibility index (Phi) is 6.78. The van der Waals surface area contributed by atoms with Crippen molar-refractivity contribution in [3.05, 3.63) is 23.8 Å². The van der Waals surface area contributed by atoms with Gasteiger partial charge in [0, 0.05) is 6.61 Å². The molecule has 0 heterocycles. The number of hydrogen-bond donors (Lipinski definition) is 0. The van der Waals surface area contributed by atoms with Crippen molar-refractivity contribution in [3.8, 4) is 0 Å².